The average molecular weight is 486 g/mol. The maximum absolute atomic E-state index is 12.4. The van der Waals surface area contributed by atoms with Crippen molar-refractivity contribution in [3.05, 3.63) is 86.2 Å². The van der Waals surface area contributed by atoms with Crippen molar-refractivity contribution in [3.63, 3.8) is 0 Å². The quantitative estimate of drug-likeness (QED) is 0.313. The second-order valence-corrected chi connectivity index (χ2v) is 7.58. The van der Waals surface area contributed by atoms with Gasteiger partial charge in [0.05, 0.1) is 17.8 Å². The molecule has 158 valence electrons. The molecule has 0 aliphatic carbocycles. The standard InChI is InChI=1S/C19H16BrN7O4/c1-12-3-2-4-13(7-12)8-26-11-21-19(24-26)22-18(28)16-6-5-14(31-16)9-25-10-15(20)17(23-25)27(29)30/h2-7,10-11H,8-9H2,1H3,(H,22,24,28). The van der Waals surface area contributed by atoms with Gasteiger partial charge in [-0.05, 0) is 45.5 Å². The van der Waals surface area contributed by atoms with Crippen LogP contribution in [0.4, 0.5) is 11.8 Å². The smallest absolute Gasteiger partial charge is 0.404 e. The van der Waals surface area contributed by atoms with Crippen LogP contribution in [-0.2, 0) is 13.1 Å². The van der Waals surface area contributed by atoms with E-state index in [0.717, 1.165) is 11.1 Å². The molecule has 1 aromatic carbocycles. The number of nitrogens with one attached hydrogen (secondary N) is 1. The number of aryl methyl sites for hydroxylation is 1. The fourth-order valence-electron chi connectivity index (χ4n) is 2.92. The molecule has 0 saturated carbocycles. The molecule has 4 rings (SSSR count). The molecule has 1 N–H and O–H groups in total. The van der Waals surface area contributed by atoms with Gasteiger partial charge in [0.1, 0.15) is 23.1 Å². The van der Waals surface area contributed by atoms with E-state index < -0.39 is 10.8 Å². The lowest BCUT2D eigenvalue weighted by Gasteiger charge is -2.02. The van der Waals surface area contributed by atoms with Crippen molar-refractivity contribution < 1.29 is 14.1 Å². The number of nitrogens with zero attached hydrogens (tertiary/aromatic N) is 6. The summed E-state index contributed by atoms with van der Waals surface area (Å²) in [5.74, 6) is -0.176. The topological polar surface area (TPSA) is 134 Å². The highest BCUT2D eigenvalue weighted by molar-refractivity contribution is 9.10. The number of rotatable bonds is 7. The molecule has 0 spiro atoms. The Morgan fingerprint density at radius 2 is 2.06 bits per heavy atom. The SMILES string of the molecule is Cc1cccc(Cn2cnc(NC(=O)c3ccc(Cn4cc(Br)c([N+](=O)[O-])n4)o3)n2)c1. The first kappa shape index (κ1) is 20.5. The Hall–Kier alpha value is -3.80. The first-order valence-corrected chi connectivity index (χ1v) is 9.89. The number of amides is 1. The van der Waals surface area contributed by atoms with Crippen LogP contribution in [0, 0.1) is 17.0 Å². The van der Waals surface area contributed by atoms with Gasteiger partial charge in [0.15, 0.2) is 5.76 Å². The van der Waals surface area contributed by atoms with E-state index in [0.29, 0.717) is 12.3 Å². The second-order valence-electron chi connectivity index (χ2n) is 6.73. The number of hydrogen-bond donors (Lipinski definition) is 1. The van der Waals surface area contributed by atoms with Crippen LogP contribution < -0.4 is 5.32 Å². The number of hydrogen-bond acceptors (Lipinski definition) is 7. The highest BCUT2D eigenvalue weighted by atomic mass is 79.9. The molecule has 0 atom stereocenters. The number of anilines is 1. The van der Waals surface area contributed by atoms with Gasteiger partial charge >= 0.3 is 5.82 Å². The van der Waals surface area contributed by atoms with Crippen molar-refractivity contribution >= 4 is 33.6 Å². The largest absolute Gasteiger partial charge is 0.454 e. The number of nitro groups is 1. The molecule has 3 heterocycles. The van der Waals surface area contributed by atoms with Crippen LogP contribution in [0.5, 0.6) is 0 Å². The van der Waals surface area contributed by atoms with E-state index in [4.69, 9.17) is 4.42 Å². The number of benzene rings is 1. The van der Waals surface area contributed by atoms with E-state index >= 15 is 0 Å². The predicted octanol–water partition coefficient (Wildman–Crippen LogP) is 3.40. The summed E-state index contributed by atoms with van der Waals surface area (Å²) in [5.41, 5.74) is 2.22. The minimum absolute atomic E-state index is 0.0609. The minimum atomic E-state index is -0.591. The summed E-state index contributed by atoms with van der Waals surface area (Å²) in [6, 6.07) is 11.1. The summed E-state index contributed by atoms with van der Waals surface area (Å²) >= 11 is 3.09. The van der Waals surface area contributed by atoms with Crippen molar-refractivity contribution in [1.29, 1.82) is 0 Å². The van der Waals surface area contributed by atoms with Crippen LogP contribution in [0.25, 0.3) is 0 Å². The lowest BCUT2D eigenvalue weighted by molar-refractivity contribution is -0.390. The highest BCUT2D eigenvalue weighted by Gasteiger charge is 2.20. The molecular weight excluding hydrogens is 470 g/mol. The van der Waals surface area contributed by atoms with Crippen LogP contribution in [0.3, 0.4) is 0 Å². The summed E-state index contributed by atoms with van der Waals surface area (Å²) < 4.78 is 8.76. The molecule has 0 saturated heterocycles. The van der Waals surface area contributed by atoms with Crippen molar-refractivity contribution in [2.45, 2.75) is 20.0 Å². The van der Waals surface area contributed by atoms with Crippen LogP contribution in [0.15, 0.2) is 57.8 Å². The van der Waals surface area contributed by atoms with E-state index in [2.05, 4.69) is 42.5 Å². The predicted molar refractivity (Wildman–Crippen MR) is 113 cm³/mol. The molecule has 0 aliphatic rings. The molecule has 0 aliphatic heterocycles. The molecule has 0 unspecified atom stereocenters. The highest BCUT2D eigenvalue weighted by Crippen LogP contribution is 2.23. The number of carbonyl (C=O) groups excluding carboxylic acids is 1. The van der Waals surface area contributed by atoms with E-state index in [9.17, 15) is 14.9 Å². The Morgan fingerprint density at radius 1 is 1.23 bits per heavy atom. The molecule has 0 radical (unpaired) electrons. The van der Waals surface area contributed by atoms with Crippen molar-refractivity contribution in [1.82, 2.24) is 24.5 Å². The third-order valence-corrected chi connectivity index (χ3v) is 4.82. The number of halogens is 1. The maximum atomic E-state index is 12.4. The zero-order valence-electron chi connectivity index (χ0n) is 16.2. The zero-order valence-corrected chi connectivity index (χ0v) is 17.8. The summed E-state index contributed by atoms with van der Waals surface area (Å²) in [5, 5.41) is 21.6. The molecule has 1 amide bonds. The Balaban J connectivity index is 1.38. The van der Waals surface area contributed by atoms with Gasteiger partial charge < -0.3 is 14.5 Å². The lowest BCUT2D eigenvalue weighted by Crippen LogP contribution is -2.12. The molecule has 3 aromatic heterocycles. The number of furan rings is 1. The fourth-order valence-corrected chi connectivity index (χ4v) is 3.39. The molecule has 4 aromatic rings. The van der Waals surface area contributed by atoms with Crippen molar-refractivity contribution in [3.8, 4) is 0 Å². The van der Waals surface area contributed by atoms with Crippen LogP contribution in [0.1, 0.15) is 27.4 Å². The van der Waals surface area contributed by atoms with E-state index in [1.807, 2.05) is 25.1 Å². The normalized spacial score (nSPS) is 10.9. The second kappa shape index (κ2) is 8.52. The first-order chi connectivity index (χ1) is 14.9. The van der Waals surface area contributed by atoms with Gasteiger partial charge in [0, 0.05) is 0 Å². The maximum Gasteiger partial charge on any atom is 0.404 e. The Morgan fingerprint density at radius 3 is 2.81 bits per heavy atom. The average Bonchev–Trinajstić information content (AvgIpc) is 3.43. The van der Waals surface area contributed by atoms with Crippen molar-refractivity contribution in [2.75, 3.05) is 5.32 Å². The molecular formula is C19H16BrN7O4. The van der Waals surface area contributed by atoms with Gasteiger partial charge in [-0.15, -0.1) is 5.10 Å². The monoisotopic (exact) mass is 485 g/mol. The molecule has 0 bridgehead atoms. The van der Waals surface area contributed by atoms with E-state index in [-0.39, 0.29) is 28.5 Å². The zero-order chi connectivity index (χ0) is 22.0. The fraction of sp³-hybridized carbons (Fsp3) is 0.158. The Labute approximate surface area is 184 Å². The Bertz CT molecular complexity index is 1260. The third-order valence-electron chi connectivity index (χ3n) is 4.26. The van der Waals surface area contributed by atoms with Crippen LogP contribution in [0.2, 0.25) is 0 Å². The molecule has 31 heavy (non-hydrogen) atoms. The van der Waals surface area contributed by atoms with Gasteiger partial charge in [0.2, 0.25) is 5.95 Å². The summed E-state index contributed by atoms with van der Waals surface area (Å²) in [6.07, 6.45) is 3.00. The first-order valence-electron chi connectivity index (χ1n) is 9.10. The minimum Gasteiger partial charge on any atom is -0.454 e. The van der Waals surface area contributed by atoms with Gasteiger partial charge in [-0.1, -0.05) is 29.8 Å². The van der Waals surface area contributed by atoms with E-state index in [1.165, 1.54) is 23.3 Å². The number of carbonyl (C=O) groups is 1. The van der Waals surface area contributed by atoms with Gasteiger partial charge in [-0.2, -0.15) is 4.68 Å². The third kappa shape index (κ3) is 4.86. The van der Waals surface area contributed by atoms with Crippen LogP contribution in [-0.4, -0.2) is 35.4 Å². The van der Waals surface area contributed by atoms with Gasteiger partial charge in [-0.3, -0.25) is 10.1 Å². The lowest BCUT2D eigenvalue weighted by atomic mass is 10.1. The molecule has 0 fully saturated rings. The molecule has 11 nitrogen and oxygen atoms in total. The Kier molecular flexibility index (Phi) is 5.62. The molecule has 12 heteroatoms. The summed E-state index contributed by atoms with van der Waals surface area (Å²) in [6.45, 7) is 2.67. The van der Waals surface area contributed by atoms with Crippen molar-refractivity contribution in [2.24, 2.45) is 0 Å². The van der Waals surface area contributed by atoms with Crippen LogP contribution >= 0.6 is 15.9 Å². The van der Waals surface area contributed by atoms with Gasteiger partial charge in [0.25, 0.3) is 5.91 Å². The van der Waals surface area contributed by atoms with E-state index in [1.54, 1.807) is 10.7 Å². The van der Waals surface area contributed by atoms with Gasteiger partial charge in [-0.25, -0.2) is 9.67 Å². The number of aromatic nitrogens is 5. The summed E-state index contributed by atoms with van der Waals surface area (Å²) in [4.78, 5) is 26.8. The summed E-state index contributed by atoms with van der Waals surface area (Å²) in [7, 11) is 0.